The number of aromatic nitrogens is 4. The molecule has 1 N–H and O–H groups in total. The number of thiazole rings is 1. The summed E-state index contributed by atoms with van der Waals surface area (Å²) >= 11 is 3.02. The highest BCUT2D eigenvalue weighted by Gasteiger charge is 2.30. The van der Waals surface area contributed by atoms with Crippen molar-refractivity contribution in [3.8, 4) is 11.3 Å². The van der Waals surface area contributed by atoms with Gasteiger partial charge in [0.15, 0.2) is 5.16 Å². The Bertz CT molecular complexity index is 1010. The van der Waals surface area contributed by atoms with E-state index in [2.05, 4.69) is 31.6 Å². The summed E-state index contributed by atoms with van der Waals surface area (Å²) in [5, 5.41) is 15.4. The fourth-order valence-electron chi connectivity index (χ4n) is 2.93. The van der Waals surface area contributed by atoms with E-state index in [-0.39, 0.29) is 11.7 Å². The number of thioether (sulfide) groups is 1. The predicted molar refractivity (Wildman–Crippen MR) is 114 cm³/mol. The molecule has 1 saturated carbocycles. The summed E-state index contributed by atoms with van der Waals surface area (Å²) in [7, 11) is 0. The van der Waals surface area contributed by atoms with E-state index in [9.17, 15) is 4.79 Å². The molecule has 1 amide bonds. The first-order valence-corrected chi connectivity index (χ1v) is 11.0. The SMILES string of the molecule is C=CCn1c(SCC(=O)Nc2cccc(-c3csc(C)n3)c2)nnc1C1CC1. The van der Waals surface area contributed by atoms with Crippen molar-refractivity contribution in [1.82, 2.24) is 19.7 Å². The summed E-state index contributed by atoms with van der Waals surface area (Å²) in [5.74, 6) is 1.72. The van der Waals surface area contributed by atoms with E-state index in [1.54, 1.807) is 11.3 Å². The third-order valence-corrected chi connectivity index (χ3v) is 6.13. The lowest BCUT2D eigenvalue weighted by Gasteiger charge is -2.08. The van der Waals surface area contributed by atoms with Crippen LogP contribution in [0.1, 0.15) is 29.6 Å². The van der Waals surface area contributed by atoms with Crippen LogP contribution in [0.5, 0.6) is 0 Å². The van der Waals surface area contributed by atoms with E-state index in [1.165, 1.54) is 11.8 Å². The lowest BCUT2D eigenvalue weighted by atomic mass is 10.1. The van der Waals surface area contributed by atoms with Crippen molar-refractivity contribution in [2.24, 2.45) is 0 Å². The summed E-state index contributed by atoms with van der Waals surface area (Å²) in [4.78, 5) is 16.9. The van der Waals surface area contributed by atoms with Gasteiger partial charge in [-0.15, -0.1) is 28.1 Å². The van der Waals surface area contributed by atoms with Crippen molar-refractivity contribution in [2.45, 2.75) is 37.4 Å². The number of amides is 1. The second-order valence-electron chi connectivity index (χ2n) is 6.68. The van der Waals surface area contributed by atoms with Gasteiger partial charge >= 0.3 is 0 Å². The van der Waals surface area contributed by atoms with Gasteiger partial charge in [0.25, 0.3) is 0 Å². The van der Waals surface area contributed by atoms with Gasteiger partial charge < -0.3 is 9.88 Å². The van der Waals surface area contributed by atoms with Gasteiger partial charge in [0.1, 0.15) is 5.82 Å². The number of nitrogens with zero attached hydrogens (tertiary/aromatic N) is 4. The highest BCUT2D eigenvalue weighted by molar-refractivity contribution is 7.99. The minimum absolute atomic E-state index is 0.0715. The Labute approximate surface area is 172 Å². The molecule has 1 aliphatic rings. The van der Waals surface area contributed by atoms with Crippen LogP contribution in [0.4, 0.5) is 5.69 Å². The number of anilines is 1. The number of rotatable bonds is 8. The number of aryl methyl sites for hydroxylation is 1. The largest absolute Gasteiger partial charge is 0.325 e. The van der Waals surface area contributed by atoms with Crippen LogP contribution in [0.25, 0.3) is 11.3 Å². The van der Waals surface area contributed by atoms with Crippen LogP contribution in [-0.4, -0.2) is 31.4 Å². The molecular formula is C20H21N5OS2. The summed E-state index contributed by atoms with van der Waals surface area (Å²) in [6.07, 6.45) is 4.16. The van der Waals surface area contributed by atoms with Crippen LogP contribution < -0.4 is 5.32 Å². The highest BCUT2D eigenvalue weighted by atomic mass is 32.2. The number of nitrogens with one attached hydrogen (secondary N) is 1. The standard InChI is InChI=1S/C20H21N5OS2/c1-3-9-25-19(14-7-8-14)23-24-20(25)28-12-18(26)22-16-6-4-5-15(10-16)17-11-27-13(2)21-17/h3-6,10-11,14H,1,7-9,12H2,2H3,(H,22,26). The van der Waals surface area contributed by atoms with Gasteiger partial charge in [-0.3, -0.25) is 4.79 Å². The first-order chi connectivity index (χ1) is 13.6. The lowest BCUT2D eigenvalue weighted by molar-refractivity contribution is -0.113. The van der Waals surface area contributed by atoms with Gasteiger partial charge in [-0.2, -0.15) is 0 Å². The number of benzene rings is 1. The number of allylic oxidation sites excluding steroid dienone is 1. The van der Waals surface area contributed by atoms with Gasteiger partial charge in [0.2, 0.25) is 5.91 Å². The molecule has 0 atom stereocenters. The summed E-state index contributed by atoms with van der Waals surface area (Å²) in [6.45, 7) is 6.46. The van der Waals surface area contributed by atoms with Crippen LogP contribution in [0.3, 0.4) is 0 Å². The maximum Gasteiger partial charge on any atom is 0.234 e. The monoisotopic (exact) mass is 411 g/mol. The van der Waals surface area contributed by atoms with Crippen molar-refractivity contribution >= 4 is 34.7 Å². The molecule has 4 rings (SSSR count). The zero-order valence-electron chi connectivity index (χ0n) is 15.6. The maximum absolute atomic E-state index is 12.4. The van der Waals surface area contributed by atoms with Gasteiger partial charge in [-0.1, -0.05) is 30.0 Å². The van der Waals surface area contributed by atoms with Gasteiger partial charge in [-0.05, 0) is 31.9 Å². The average molecular weight is 412 g/mol. The molecule has 0 aliphatic heterocycles. The summed E-state index contributed by atoms with van der Waals surface area (Å²) < 4.78 is 2.06. The van der Waals surface area contributed by atoms with Gasteiger partial charge in [0.05, 0.1) is 16.5 Å². The molecule has 0 radical (unpaired) electrons. The average Bonchev–Trinajstić information content (AvgIpc) is 3.31. The van der Waals surface area contributed by atoms with Crippen LogP contribution >= 0.6 is 23.1 Å². The zero-order valence-corrected chi connectivity index (χ0v) is 17.2. The molecule has 1 aromatic carbocycles. The van der Waals surface area contributed by atoms with Crippen LogP contribution in [0.2, 0.25) is 0 Å². The fraction of sp³-hybridized carbons (Fsp3) is 0.300. The molecule has 28 heavy (non-hydrogen) atoms. The van der Waals surface area contributed by atoms with Crippen molar-refractivity contribution < 1.29 is 4.79 Å². The van der Waals surface area contributed by atoms with E-state index >= 15 is 0 Å². The Morgan fingerprint density at radius 1 is 1.43 bits per heavy atom. The van der Waals surface area contributed by atoms with Crippen molar-refractivity contribution in [1.29, 1.82) is 0 Å². The molecule has 0 bridgehead atoms. The Hall–Kier alpha value is -2.45. The summed E-state index contributed by atoms with van der Waals surface area (Å²) in [6, 6.07) is 7.75. The lowest BCUT2D eigenvalue weighted by Crippen LogP contribution is -2.14. The maximum atomic E-state index is 12.4. The first-order valence-electron chi connectivity index (χ1n) is 9.13. The van der Waals surface area contributed by atoms with Crippen molar-refractivity contribution in [3.05, 3.63) is 53.1 Å². The van der Waals surface area contributed by atoms with Crippen LogP contribution in [0.15, 0.2) is 47.5 Å². The molecule has 2 aromatic heterocycles. The van der Waals surface area contributed by atoms with E-state index in [4.69, 9.17) is 0 Å². The topological polar surface area (TPSA) is 72.7 Å². The smallest absolute Gasteiger partial charge is 0.234 e. The highest BCUT2D eigenvalue weighted by Crippen LogP contribution is 2.40. The molecular weight excluding hydrogens is 390 g/mol. The van der Waals surface area contributed by atoms with Crippen molar-refractivity contribution in [3.63, 3.8) is 0 Å². The molecule has 2 heterocycles. The zero-order chi connectivity index (χ0) is 19.5. The summed E-state index contributed by atoms with van der Waals surface area (Å²) in [5.41, 5.74) is 2.69. The third kappa shape index (κ3) is 4.34. The Morgan fingerprint density at radius 2 is 2.29 bits per heavy atom. The second kappa shape index (κ2) is 8.28. The Kier molecular flexibility index (Phi) is 5.59. The molecule has 3 aromatic rings. The quantitative estimate of drug-likeness (QED) is 0.436. The number of hydrogen-bond donors (Lipinski definition) is 1. The van der Waals surface area contributed by atoms with Crippen molar-refractivity contribution in [2.75, 3.05) is 11.1 Å². The van der Waals surface area contributed by atoms with Crippen LogP contribution in [-0.2, 0) is 11.3 Å². The minimum atomic E-state index is -0.0715. The molecule has 8 heteroatoms. The third-order valence-electron chi connectivity index (χ3n) is 4.39. The number of carbonyl (C=O) groups is 1. The fourth-order valence-corrected chi connectivity index (χ4v) is 4.31. The minimum Gasteiger partial charge on any atom is -0.325 e. The van der Waals surface area contributed by atoms with Crippen LogP contribution in [0, 0.1) is 6.92 Å². The first kappa shape index (κ1) is 18.9. The van der Waals surface area contributed by atoms with E-state index in [1.807, 2.05) is 42.6 Å². The Balaban J connectivity index is 1.39. The van der Waals surface area contributed by atoms with E-state index < -0.39 is 0 Å². The molecule has 1 fully saturated rings. The molecule has 144 valence electrons. The van der Waals surface area contributed by atoms with Gasteiger partial charge in [0, 0.05) is 29.1 Å². The molecule has 0 saturated heterocycles. The number of hydrogen-bond acceptors (Lipinski definition) is 6. The molecule has 1 aliphatic carbocycles. The normalized spacial score (nSPS) is 13.5. The second-order valence-corrected chi connectivity index (χ2v) is 8.69. The number of carbonyl (C=O) groups excluding carboxylic acids is 1. The molecule has 6 nitrogen and oxygen atoms in total. The molecule has 0 unspecified atom stereocenters. The van der Waals surface area contributed by atoms with Gasteiger partial charge in [-0.25, -0.2) is 4.98 Å². The molecule has 0 spiro atoms. The Morgan fingerprint density at radius 3 is 3.00 bits per heavy atom. The van der Waals surface area contributed by atoms with E-state index in [0.29, 0.717) is 12.5 Å². The van der Waals surface area contributed by atoms with E-state index in [0.717, 1.165) is 45.8 Å². The predicted octanol–water partition coefficient (Wildman–Crippen LogP) is 4.50.